The van der Waals surface area contributed by atoms with Crippen molar-refractivity contribution in [2.45, 2.75) is 18.8 Å². The van der Waals surface area contributed by atoms with Gasteiger partial charge in [-0.2, -0.15) is 5.10 Å². The van der Waals surface area contributed by atoms with Crippen LogP contribution < -0.4 is 5.32 Å². The van der Waals surface area contributed by atoms with Gasteiger partial charge in [0.25, 0.3) is 0 Å². The van der Waals surface area contributed by atoms with Crippen LogP contribution in [0.1, 0.15) is 24.6 Å². The van der Waals surface area contributed by atoms with Crippen molar-refractivity contribution < 1.29 is 8.78 Å². The molecule has 2 N–H and O–H groups in total. The van der Waals surface area contributed by atoms with E-state index >= 15 is 0 Å². The minimum atomic E-state index is -0.624. The van der Waals surface area contributed by atoms with Gasteiger partial charge in [0.15, 0.2) is 5.82 Å². The van der Waals surface area contributed by atoms with Crippen LogP contribution in [0.5, 0.6) is 0 Å². The van der Waals surface area contributed by atoms with Crippen molar-refractivity contribution in [2.75, 3.05) is 13.1 Å². The SMILES string of the molecule is Fc1cc(F)cc(-c2n[nH]c(C3CCCNC3)n2)c1. The van der Waals surface area contributed by atoms with E-state index in [1.54, 1.807) is 0 Å². The first kappa shape index (κ1) is 12.2. The van der Waals surface area contributed by atoms with E-state index in [9.17, 15) is 8.78 Å². The van der Waals surface area contributed by atoms with Gasteiger partial charge < -0.3 is 5.32 Å². The summed E-state index contributed by atoms with van der Waals surface area (Å²) in [5.41, 5.74) is 0.351. The van der Waals surface area contributed by atoms with Crippen LogP contribution in [0.25, 0.3) is 11.4 Å². The van der Waals surface area contributed by atoms with E-state index in [1.807, 2.05) is 0 Å². The largest absolute Gasteiger partial charge is 0.316 e. The Bertz CT molecular complexity index is 556. The van der Waals surface area contributed by atoms with Crippen LogP contribution in [0.4, 0.5) is 8.78 Å². The average Bonchev–Trinajstić information content (AvgIpc) is 2.88. The Labute approximate surface area is 109 Å². The molecule has 1 saturated heterocycles. The molecule has 19 heavy (non-hydrogen) atoms. The molecule has 1 unspecified atom stereocenters. The number of piperidine rings is 1. The molecule has 2 aromatic rings. The van der Waals surface area contributed by atoms with Crippen molar-refractivity contribution >= 4 is 0 Å². The van der Waals surface area contributed by atoms with Crippen molar-refractivity contribution in [1.82, 2.24) is 20.5 Å². The molecule has 4 nitrogen and oxygen atoms in total. The van der Waals surface area contributed by atoms with Crippen molar-refractivity contribution in [1.29, 1.82) is 0 Å². The van der Waals surface area contributed by atoms with Gasteiger partial charge in [-0.1, -0.05) is 0 Å². The second kappa shape index (κ2) is 5.05. The van der Waals surface area contributed by atoms with Gasteiger partial charge in [-0.15, -0.1) is 0 Å². The molecular formula is C13H14F2N4. The van der Waals surface area contributed by atoms with E-state index in [2.05, 4.69) is 20.5 Å². The zero-order valence-corrected chi connectivity index (χ0v) is 10.3. The molecule has 1 aliphatic rings. The van der Waals surface area contributed by atoms with Crippen molar-refractivity contribution in [3.63, 3.8) is 0 Å². The molecule has 1 aromatic carbocycles. The molecule has 0 aliphatic carbocycles. The minimum absolute atomic E-state index is 0.286. The number of aromatic amines is 1. The minimum Gasteiger partial charge on any atom is -0.316 e. The van der Waals surface area contributed by atoms with Crippen LogP contribution in [0.3, 0.4) is 0 Å². The van der Waals surface area contributed by atoms with Crippen molar-refractivity contribution in [3.05, 3.63) is 35.7 Å². The van der Waals surface area contributed by atoms with Crippen LogP contribution >= 0.6 is 0 Å². The van der Waals surface area contributed by atoms with Gasteiger partial charge >= 0.3 is 0 Å². The van der Waals surface area contributed by atoms with Gasteiger partial charge in [-0.05, 0) is 31.5 Å². The third kappa shape index (κ3) is 2.63. The van der Waals surface area contributed by atoms with E-state index in [0.717, 1.165) is 37.8 Å². The van der Waals surface area contributed by atoms with Crippen LogP contribution in [0.2, 0.25) is 0 Å². The highest BCUT2D eigenvalue weighted by molar-refractivity contribution is 5.54. The summed E-state index contributed by atoms with van der Waals surface area (Å²) in [4.78, 5) is 4.35. The topological polar surface area (TPSA) is 53.6 Å². The number of aromatic nitrogens is 3. The molecule has 1 atom stereocenters. The normalized spacial score (nSPS) is 19.6. The van der Waals surface area contributed by atoms with E-state index < -0.39 is 11.6 Å². The Morgan fingerprint density at radius 3 is 2.63 bits per heavy atom. The Morgan fingerprint density at radius 2 is 1.95 bits per heavy atom. The monoisotopic (exact) mass is 264 g/mol. The Kier molecular flexibility index (Phi) is 3.25. The molecule has 2 heterocycles. The van der Waals surface area contributed by atoms with Gasteiger partial charge in [0.1, 0.15) is 17.5 Å². The Balaban J connectivity index is 1.87. The molecule has 0 bridgehead atoms. The number of rotatable bonds is 2. The zero-order chi connectivity index (χ0) is 13.2. The van der Waals surface area contributed by atoms with Gasteiger partial charge in [0.05, 0.1) is 0 Å². The third-order valence-electron chi connectivity index (χ3n) is 3.31. The van der Waals surface area contributed by atoms with Gasteiger partial charge in [0.2, 0.25) is 0 Å². The molecule has 3 rings (SSSR count). The summed E-state index contributed by atoms with van der Waals surface area (Å²) in [6.07, 6.45) is 2.13. The van der Waals surface area contributed by atoms with E-state index in [0.29, 0.717) is 11.4 Å². The fourth-order valence-corrected chi connectivity index (χ4v) is 2.35. The fraction of sp³-hybridized carbons (Fsp3) is 0.385. The number of hydrogen-bond acceptors (Lipinski definition) is 3. The number of nitrogens with one attached hydrogen (secondary N) is 2. The quantitative estimate of drug-likeness (QED) is 0.874. The molecule has 1 aromatic heterocycles. The molecule has 0 saturated carbocycles. The standard InChI is InChI=1S/C13H14F2N4/c14-10-4-9(5-11(15)6-10)13-17-12(18-19-13)8-2-1-3-16-7-8/h4-6,8,16H,1-3,7H2,(H,17,18,19). The van der Waals surface area contributed by atoms with E-state index in [-0.39, 0.29) is 5.92 Å². The first-order chi connectivity index (χ1) is 9.22. The predicted octanol–water partition coefficient (Wildman–Crippen LogP) is 2.22. The number of hydrogen-bond donors (Lipinski definition) is 2. The molecular weight excluding hydrogens is 250 g/mol. The molecule has 1 aliphatic heterocycles. The molecule has 0 radical (unpaired) electrons. The highest BCUT2D eigenvalue weighted by Crippen LogP contribution is 2.23. The van der Waals surface area contributed by atoms with Crippen LogP contribution in [0, 0.1) is 11.6 Å². The lowest BCUT2D eigenvalue weighted by molar-refractivity contribution is 0.447. The summed E-state index contributed by atoms with van der Waals surface area (Å²) in [6.45, 7) is 1.87. The van der Waals surface area contributed by atoms with Gasteiger partial charge in [0, 0.05) is 24.1 Å². The van der Waals surface area contributed by atoms with E-state index in [1.165, 1.54) is 12.1 Å². The maximum atomic E-state index is 13.2. The summed E-state index contributed by atoms with van der Waals surface area (Å²) < 4.78 is 26.3. The Hall–Kier alpha value is -1.82. The molecule has 0 spiro atoms. The molecule has 100 valence electrons. The number of benzene rings is 1. The number of nitrogens with zero attached hydrogens (tertiary/aromatic N) is 2. The first-order valence-corrected chi connectivity index (χ1v) is 6.32. The first-order valence-electron chi connectivity index (χ1n) is 6.32. The smallest absolute Gasteiger partial charge is 0.181 e. The Morgan fingerprint density at radius 1 is 1.16 bits per heavy atom. The second-order valence-electron chi connectivity index (χ2n) is 4.75. The zero-order valence-electron chi connectivity index (χ0n) is 10.3. The lowest BCUT2D eigenvalue weighted by atomic mass is 9.99. The summed E-state index contributed by atoms with van der Waals surface area (Å²) in [5.74, 6) is 0.139. The maximum absolute atomic E-state index is 13.2. The average molecular weight is 264 g/mol. The number of H-pyrrole nitrogens is 1. The highest BCUT2D eigenvalue weighted by atomic mass is 19.1. The van der Waals surface area contributed by atoms with Crippen LogP contribution in [-0.2, 0) is 0 Å². The summed E-state index contributed by atoms with van der Waals surface area (Å²) >= 11 is 0. The lowest BCUT2D eigenvalue weighted by Crippen LogP contribution is -2.28. The van der Waals surface area contributed by atoms with Crippen molar-refractivity contribution in [2.24, 2.45) is 0 Å². The van der Waals surface area contributed by atoms with E-state index in [4.69, 9.17) is 0 Å². The molecule has 1 fully saturated rings. The molecule has 6 heteroatoms. The van der Waals surface area contributed by atoms with Crippen LogP contribution in [-0.4, -0.2) is 28.3 Å². The number of halogens is 2. The third-order valence-corrected chi connectivity index (χ3v) is 3.31. The summed E-state index contributed by atoms with van der Waals surface area (Å²) in [5, 5.41) is 10.2. The van der Waals surface area contributed by atoms with Crippen LogP contribution in [0.15, 0.2) is 18.2 Å². The summed E-state index contributed by atoms with van der Waals surface area (Å²) in [7, 11) is 0. The maximum Gasteiger partial charge on any atom is 0.181 e. The summed E-state index contributed by atoms with van der Waals surface area (Å²) in [6, 6.07) is 3.30. The highest BCUT2D eigenvalue weighted by Gasteiger charge is 2.19. The van der Waals surface area contributed by atoms with Gasteiger partial charge in [-0.3, -0.25) is 5.10 Å². The fourth-order valence-electron chi connectivity index (χ4n) is 2.35. The van der Waals surface area contributed by atoms with Gasteiger partial charge in [-0.25, -0.2) is 13.8 Å². The lowest BCUT2D eigenvalue weighted by Gasteiger charge is -2.20. The predicted molar refractivity (Wildman–Crippen MR) is 66.6 cm³/mol. The van der Waals surface area contributed by atoms with Crippen molar-refractivity contribution in [3.8, 4) is 11.4 Å². The second-order valence-corrected chi connectivity index (χ2v) is 4.75. The molecule has 0 amide bonds.